The second-order valence-electron chi connectivity index (χ2n) is 7.12. The Morgan fingerprint density at radius 3 is 1.69 bits per heavy atom. The molecule has 0 saturated heterocycles. The standard InChI is InChI=1S/C24H27N3O2/c1-3-11-23-19(7-1)15-25-13-6-14-26-16-20-8-2-4-12-24(20)29-18-22-10-5-9-21(27-22)17-28-23/h1-5,7-12,25-26H,6,13-18H2. The molecule has 29 heavy (non-hydrogen) atoms. The zero-order valence-corrected chi connectivity index (χ0v) is 16.6. The molecule has 150 valence electrons. The molecular formula is C24H27N3O2. The molecule has 0 amide bonds. The van der Waals surface area contributed by atoms with Crippen LogP contribution in [0.25, 0.3) is 0 Å². The van der Waals surface area contributed by atoms with Gasteiger partial charge in [0.1, 0.15) is 24.7 Å². The molecule has 3 aromatic rings. The number of nitrogens with one attached hydrogen (secondary N) is 2. The summed E-state index contributed by atoms with van der Waals surface area (Å²) in [6.45, 7) is 4.35. The SMILES string of the molecule is c1cc2nc(c1)COc1ccccc1CNCCCNCc1ccccc1OC2. The van der Waals surface area contributed by atoms with Crippen molar-refractivity contribution in [3.8, 4) is 11.5 Å². The number of fused-ring (bicyclic) bond motifs is 4. The lowest BCUT2D eigenvalue weighted by molar-refractivity contribution is 0.286. The van der Waals surface area contributed by atoms with Crippen LogP contribution < -0.4 is 20.1 Å². The van der Waals surface area contributed by atoms with Crippen molar-refractivity contribution in [3.63, 3.8) is 0 Å². The molecular weight excluding hydrogens is 362 g/mol. The van der Waals surface area contributed by atoms with Crippen LogP contribution in [0.4, 0.5) is 0 Å². The Kier molecular flexibility index (Phi) is 6.73. The lowest BCUT2D eigenvalue weighted by Crippen LogP contribution is -2.22. The van der Waals surface area contributed by atoms with Crippen LogP contribution in [0, 0.1) is 0 Å². The zero-order chi connectivity index (χ0) is 19.7. The fourth-order valence-corrected chi connectivity index (χ4v) is 3.36. The number of rotatable bonds is 0. The Morgan fingerprint density at radius 2 is 1.14 bits per heavy atom. The molecule has 4 rings (SSSR count). The van der Waals surface area contributed by atoms with E-state index in [1.54, 1.807) is 0 Å². The maximum absolute atomic E-state index is 6.07. The molecule has 1 aromatic heterocycles. The molecule has 1 aliphatic heterocycles. The Balaban J connectivity index is 1.53. The van der Waals surface area contributed by atoms with Gasteiger partial charge in [0.2, 0.25) is 0 Å². The van der Waals surface area contributed by atoms with Crippen LogP contribution in [0.1, 0.15) is 28.9 Å². The molecule has 2 aromatic carbocycles. The van der Waals surface area contributed by atoms with E-state index < -0.39 is 0 Å². The van der Waals surface area contributed by atoms with E-state index >= 15 is 0 Å². The van der Waals surface area contributed by atoms with Crippen molar-refractivity contribution in [3.05, 3.63) is 89.2 Å². The summed E-state index contributed by atoms with van der Waals surface area (Å²) in [5, 5.41) is 7.02. The minimum absolute atomic E-state index is 0.436. The number of benzene rings is 2. The number of aromatic nitrogens is 1. The van der Waals surface area contributed by atoms with Crippen LogP contribution in [0.15, 0.2) is 66.7 Å². The summed E-state index contributed by atoms with van der Waals surface area (Å²) in [5.41, 5.74) is 4.11. The van der Waals surface area contributed by atoms with E-state index in [1.165, 1.54) is 0 Å². The van der Waals surface area contributed by atoms with E-state index in [4.69, 9.17) is 14.5 Å². The summed E-state index contributed by atoms with van der Waals surface area (Å²) in [6, 6.07) is 22.3. The molecule has 0 aliphatic carbocycles. The van der Waals surface area contributed by atoms with Gasteiger partial charge in [0, 0.05) is 24.2 Å². The number of ether oxygens (including phenoxy) is 2. The minimum Gasteiger partial charge on any atom is -0.487 e. The maximum atomic E-state index is 6.07. The van der Waals surface area contributed by atoms with Crippen LogP contribution >= 0.6 is 0 Å². The van der Waals surface area contributed by atoms with Crippen molar-refractivity contribution >= 4 is 0 Å². The normalized spacial score (nSPS) is 15.6. The molecule has 0 atom stereocenters. The van der Waals surface area contributed by atoms with E-state index in [1.807, 2.05) is 54.6 Å². The highest BCUT2D eigenvalue weighted by molar-refractivity contribution is 5.34. The van der Waals surface area contributed by atoms with Crippen molar-refractivity contribution in [1.29, 1.82) is 0 Å². The first-order valence-electron chi connectivity index (χ1n) is 10.2. The van der Waals surface area contributed by atoms with E-state index in [9.17, 15) is 0 Å². The number of para-hydroxylation sites is 2. The fourth-order valence-electron chi connectivity index (χ4n) is 3.36. The largest absolute Gasteiger partial charge is 0.487 e. The third-order valence-electron chi connectivity index (χ3n) is 4.90. The van der Waals surface area contributed by atoms with Crippen LogP contribution in [0.5, 0.6) is 11.5 Å². The molecule has 2 heterocycles. The molecule has 2 bridgehead atoms. The number of hydrogen-bond acceptors (Lipinski definition) is 5. The quantitative estimate of drug-likeness (QED) is 0.612. The number of nitrogens with zero attached hydrogens (tertiary/aromatic N) is 1. The first kappa shape index (κ1) is 19.4. The lowest BCUT2D eigenvalue weighted by Gasteiger charge is -2.15. The van der Waals surface area contributed by atoms with Gasteiger partial charge in [0.25, 0.3) is 0 Å². The number of hydrogen-bond donors (Lipinski definition) is 2. The van der Waals surface area contributed by atoms with E-state index in [2.05, 4.69) is 22.8 Å². The molecule has 2 N–H and O–H groups in total. The minimum atomic E-state index is 0.436. The van der Waals surface area contributed by atoms with Crippen molar-refractivity contribution in [1.82, 2.24) is 15.6 Å². The van der Waals surface area contributed by atoms with Gasteiger partial charge < -0.3 is 20.1 Å². The summed E-state index contributed by atoms with van der Waals surface area (Å²) >= 11 is 0. The van der Waals surface area contributed by atoms with E-state index in [0.717, 1.165) is 66.6 Å². The van der Waals surface area contributed by atoms with E-state index in [0.29, 0.717) is 13.2 Å². The molecule has 0 saturated carbocycles. The highest BCUT2D eigenvalue weighted by Gasteiger charge is 2.07. The predicted molar refractivity (Wildman–Crippen MR) is 114 cm³/mol. The fraction of sp³-hybridized carbons (Fsp3) is 0.292. The summed E-state index contributed by atoms with van der Waals surface area (Å²) < 4.78 is 12.1. The smallest absolute Gasteiger partial charge is 0.130 e. The molecule has 0 spiro atoms. The average molecular weight is 389 g/mol. The first-order chi connectivity index (χ1) is 14.4. The monoisotopic (exact) mass is 389 g/mol. The van der Waals surface area contributed by atoms with Crippen LogP contribution in [-0.4, -0.2) is 18.1 Å². The summed E-state index contributed by atoms with van der Waals surface area (Å²) in [5.74, 6) is 1.80. The molecule has 5 nitrogen and oxygen atoms in total. The van der Waals surface area contributed by atoms with Gasteiger partial charge in [-0.2, -0.15) is 0 Å². The molecule has 5 heteroatoms. The van der Waals surface area contributed by atoms with Crippen molar-refractivity contribution in [2.24, 2.45) is 0 Å². The topological polar surface area (TPSA) is 55.4 Å². The second-order valence-corrected chi connectivity index (χ2v) is 7.12. The zero-order valence-electron chi connectivity index (χ0n) is 16.6. The summed E-state index contributed by atoms with van der Waals surface area (Å²) in [7, 11) is 0. The number of pyridine rings is 1. The van der Waals surface area contributed by atoms with Gasteiger partial charge in [-0.1, -0.05) is 42.5 Å². The highest BCUT2D eigenvalue weighted by Crippen LogP contribution is 2.21. The summed E-state index contributed by atoms with van der Waals surface area (Å²) in [6.07, 6.45) is 1.06. The predicted octanol–water partition coefficient (Wildman–Crippen LogP) is 3.82. The molecule has 1 aliphatic rings. The van der Waals surface area contributed by atoms with E-state index in [-0.39, 0.29) is 0 Å². The molecule has 0 radical (unpaired) electrons. The van der Waals surface area contributed by atoms with Crippen molar-refractivity contribution in [2.75, 3.05) is 13.1 Å². The van der Waals surface area contributed by atoms with Crippen molar-refractivity contribution in [2.45, 2.75) is 32.7 Å². The Morgan fingerprint density at radius 1 is 0.621 bits per heavy atom. The Bertz CT molecular complexity index is 859. The van der Waals surface area contributed by atoms with Gasteiger partial charge in [0.05, 0.1) is 11.4 Å². The van der Waals surface area contributed by atoms with Crippen molar-refractivity contribution < 1.29 is 9.47 Å². The van der Waals surface area contributed by atoms with Gasteiger partial charge in [0.15, 0.2) is 0 Å². The van der Waals surface area contributed by atoms with Crippen LogP contribution in [-0.2, 0) is 26.3 Å². The maximum Gasteiger partial charge on any atom is 0.130 e. The Labute approximate surface area is 172 Å². The summed E-state index contributed by atoms with van der Waals surface area (Å²) in [4.78, 5) is 4.70. The molecule has 0 fully saturated rings. The average Bonchev–Trinajstić information content (AvgIpc) is 2.77. The third-order valence-corrected chi connectivity index (χ3v) is 4.90. The molecule has 0 unspecified atom stereocenters. The van der Waals surface area contributed by atoms with Gasteiger partial charge in [-0.05, 0) is 43.8 Å². The lowest BCUT2D eigenvalue weighted by atomic mass is 10.2. The van der Waals surface area contributed by atoms with Gasteiger partial charge >= 0.3 is 0 Å². The van der Waals surface area contributed by atoms with Crippen LogP contribution in [0.2, 0.25) is 0 Å². The van der Waals surface area contributed by atoms with Gasteiger partial charge in [-0.15, -0.1) is 0 Å². The van der Waals surface area contributed by atoms with Gasteiger partial charge in [-0.3, -0.25) is 4.98 Å². The third kappa shape index (κ3) is 5.56. The second kappa shape index (κ2) is 10.0. The van der Waals surface area contributed by atoms with Gasteiger partial charge in [-0.25, -0.2) is 0 Å². The highest BCUT2D eigenvalue weighted by atomic mass is 16.5. The Hall–Kier alpha value is -2.89. The first-order valence-corrected chi connectivity index (χ1v) is 10.2. The van der Waals surface area contributed by atoms with Crippen LogP contribution in [0.3, 0.4) is 0 Å².